The lowest BCUT2D eigenvalue weighted by atomic mass is 10.0. The minimum Gasteiger partial charge on any atom is -0.493 e. The Bertz CT molecular complexity index is 775. The number of aliphatic carboxylic acids is 1. The molecule has 0 spiro atoms. The Labute approximate surface area is 145 Å². The van der Waals surface area contributed by atoms with Crippen molar-refractivity contribution in [3.8, 4) is 5.75 Å². The molecule has 2 aromatic rings. The molecule has 0 saturated heterocycles. The average Bonchev–Trinajstić information content (AvgIpc) is 3.08. The monoisotopic (exact) mass is 341 g/mol. The van der Waals surface area contributed by atoms with E-state index in [2.05, 4.69) is 5.32 Å². The second-order valence-corrected chi connectivity index (χ2v) is 5.77. The van der Waals surface area contributed by atoms with E-state index < -0.39 is 24.0 Å². The second-order valence-electron chi connectivity index (χ2n) is 5.77. The number of fused-ring (bicyclic) bond motifs is 1. The number of benzene rings is 2. The maximum absolute atomic E-state index is 12.6. The van der Waals surface area contributed by atoms with Gasteiger partial charge in [-0.1, -0.05) is 36.4 Å². The van der Waals surface area contributed by atoms with Crippen molar-refractivity contribution in [2.24, 2.45) is 0 Å². The Morgan fingerprint density at radius 2 is 1.92 bits per heavy atom. The summed E-state index contributed by atoms with van der Waals surface area (Å²) in [5, 5.41) is 12.1. The van der Waals surface area contributed by atoms with Crippen LogP contribution >= 0.6 is 0 Å². The Morgan fingerprint density at radius 3 is 2.60 bits per heavy atom. The highest BCUT2D eigenvalue weighted by Gasteiger charge is 2.28. The largest absolute Gasteiger partial charge is 0.493 e. The molecule has 6 heteroatoms. The number of rotatable bonds is 6. The van der Waals surface area contributed by atoms with E-state index in [1.807, 2.05) is 6.07 Å². The van der Waals surface area contributed by atoms with E-state index in [1.54, 1.807) is 42.5 Å². The molecule has 2 aromatic carbocycles. The first kappa shape index (κ1) is 17.0. The molecular weight excluding hydrogens is 322 g/mol. The van der Waals surface area contributed by atoms with E-state index in [1.165, 1.54) is 7.11 Å². The van der Waals surface area contributed by atoms with Gasteiger partial charge >= 0.3 is 5.97 Å². The lowest BCUT2D eigenvalue weighted by Crippen LogP contribution is -2.37. The minimum atomic E-state index is -1.15. The van der Waals surface area contributed by atoms with Crippen LogP contribution in [0, 0.1) is 0 Å². The van der Waals surface area contributed by atoms with Gasteiger partial charge in [-0.3, -0.25) is 4.79 Å². The number of carboxylic acid groups (broad SMARTS) is 1. The Kier molecular flexibility index (Phi) is 5.00. The summed E-state index contributed by atoms with van der Waals surface area (Å²) >= 11 is 0. The molecule has 0 bridgehead atoms. The lowest BCUT2D eigenvalue weighted by Gasteiger charge is -2.20. The molecule has 1 aliphatic heterocycles. The molecule has 1 heterocycles. The number of carbonyl (C=O) groups is 2. The number of methoxy groups -OCH3 is 1. The van der Waals surface area contributed by atoms with Gasteiger partial charge in [-0.05, 0) is 28.8 Å². The summed E-state index contributed by atoms with van der Waals surface area (Å²) in [6.45, 7) is 0.586. The van der Waals surface area contributed by atoms with Crippen molar-refractivity contribution in [3.05, 3.63) is 65.2 Å². The molecule has 6 nitrogen and oxygen atoms in total. The fraction of sp³-hybridized carbons (Fsp3) is 0.263. The zero-order valence-corrected chi connectivity index (χ0v) is 13.8. The van der Waals surface area contributed by atoms with Gasteiger partial charge in [0.05, 0.1) is 6.61 Å². The van der Waals surface area contributed by atoms with Crippen LogP contribution in [0.3, 0.4) is 0 Å². The van der Waals surface area contributed by atoms with Gasteiger partial charge in [0, 0.05) is 13.5 Å². The first-order chi connectivity index (χ1) is 12.1. The van der Waals surface area contributed by atoms with Crippen LogP contribution in [-0.4, -0.2) is 30.7 Å². The van der Waals surface area contributed by atoms with Gasteiger partial charge in [0.25, 0.3) is 5.91 Å². The molecule has 0 aromatic heterocycles. The quantitative estimate of drug-likeness (QED) is 0.842. The average molecular weight is 341 g/mol. The van der Waals surface area contributed by atoms with Crippen LogP contribution in [0.1, 0.15) is 28.8 Å². The minimum absolute atomic E-state index is 0.502. The van der Waals surface area contributed by atoms with Crippen molar-refractivity contribution < 1.29 is 24.2 Å². The molecule has 0 aliphatic carbocycles. The van der Waals surface area contributed by atoms with Crippen LogP contribution in [0.5, 0.6) is 5.75 Å². The first-order valence-corrected chi connectivity index (χ1v) is 7.96. The number of ether oxygens (including phenoxy) is 2. The molecule has 2 N–H and O–H groups in total. The molecule has 0 radical (unpaired) electrons. The number of hydrogen-bond donors (Lipinski definition) is 2. The summed E-state index contributed by atoms with van der Waals surface area (Å²) in [5.41, 5.74) is 2.12. The normalized spacial score (nSPS) is 14.9. The topological polar surface area (TPSA) is 84.9 Å². The van der Waals surface area contributed by atoms with Crippen molar-refractivity contribution in [2.75, 3.05) is 13.7 Å². The van der Waals surface area contributed by atoms with Crippen LogP contribution in [0.25, 0.3) is 0 Å². The summed E-state index contributed by atoms with van der Waals surface area (Å²) in [6.07, 6.45) is -0.144. The Hall–Kier alpha value is -2.86. The van der Waals surface area contributed by atoms with Gasteiger partial charge in [-0.25, -0.2) is 4.79 Å². The molecule has 3 rings (SSSR count). The molecule has 0 fully saturated rings. The third-order valence-corrected chi connectivity index (χ3v) is 4.16. The van der Waals surface area contributed by atoms with Crippen molar-refractivity contribution in [2.45, 2.75) is 18.6 Å². The van der Waals surface area contributed by atoms with Gasteiger partial charge in [0.15, 0.2) is 12.1 Å². The van der Waals surface area contributed by atoms with Gasteiger partial charge < -0.3 is 19.9 Å². The standard InChI is InChI=1S/C19H19NO5/c1-24-17(12-5-3-2-4-6-12)18(21)20-16(19(22)23)14-7-8-15-13(11-14)9-10-25-15/h2-8,11,16-17H,9-10H2,1H3,(H,20,21)(H,22,23)/t16?,17-/m1/s1. The summed E-state index contributed by atoms with van der Waals surface area (Å²) in [6, 6.07) is 13.0. The predicted octanol–water partition coefficient (Wildman–Crippen LogP) is 2.25. The third kappa shape index (κ3) is 3.64. The molecule has 25 heavy (non-hydrogen) atoms. The maximum Gasteiger partial charge on any atom is 0.330 e. The molecule has 1 amide bonds. The zero-order valence-electron chi connectivity index (χ0n) is 13.8. The van der Waals surface area contributed by atoms with E-state index in [9.17, 15) is 14.7 Å². The van der Waals surface area contributed by atoms with E-state index in [-0.39, 0.29) is 0 Å². The first-order valence-electron chi connectivity index (χ1n) is 7.96. The zero-order chi connectivity index (χ0) is 17.8. The summed E-state index contributed by atoms with van der Waals surface area (Å²) in [4.78, 5) is 24.3. The van der Waals surface area contributed by atoms with Gasteiger partial charge in [0.1, 0.15) is 5.75 Å². The number of amides is 1. The van der Waals surface area contributed by atoms with Crippen molar-refractivity contribution in [1.29, 1.82) is 0 Å². The van der Waals surface area contributed by atoms with E-state index >= 15 is 0 Å². The van der Waals surface area contributed by atoms with Crippen LogP contribution in [0.15, 0.2) is 48.5 Å². The highest BCUT2D eigenvalue weighted by atomic mass is 16.5. The smallest absolute Gasteiger partial charge is 0.330 e. The van der Waals surface area contributed by atoms with Crippen LogP contribution in [0.2, 0.25) is 0 Å². The number of hydrogen-bond acceptors (Lipinski definition) is 4. The highest BCUT2D eigenvalue weighted by molar-refractivity contribution is 5.88. The molecule has 1 aliphatic rings. The molecule has 1 unspecified atom stereocenters. The van der Waals surface area contributed by atoms with Crippen molar-refractivity contribution in [1.82, 2.24) is 5.32 Å². The van der Waals surface area contributed by atoms with E-state index in [0.717, 1.165) is 17.7 Å². The fourth-order valence-corrected chi connectivity index (χ4v) is 2.91. The van der Waals surface area contributed by atoms with Gasteiger partial charge in [-0.2, -0.15) is 0 Å². The van der Waals surface area contributed by atoms with Crippen molar-refractivity contribution >= 4 is 11.9 Å². The number of carbonyl (C=O) groups excluding carboxylic acids is 1. The molecule has 2 atom stereocenters. The summed E-state index contributed by atoms with van der Waals surface area (Å²) < 4.78 is 10.7. The molecule has 130 valence electrons. The van der Waals surface area contributed by atoms with Crippen LogP contribution in [-0.2, 0) is 20.7 Å². The van der Waals surface area contributed by atoms with E-state index in [4.69, 9.17) is 9.47 Å². The summed E-state index contributed by atoms with van der Waals surface area (Å²) in [7, 11) is 1.42. The number of carboxylic acids is 1. The Morgan fingerprint density at radius 1 is 1.16 bits per heavy atom. The molecular formula is C19H19NO5. The number of nitrogens with one attached hydrogen (secondary N) is 1. The predicted molar refractivity (Wildman–Crippen MR) is 90.4 cm³/mol. The van der Waals surface area contributed by atoms with Crippen molar-refractivity contribution in [3.63, 3.8) is 0 Å². The second kappa shape index (κ2) is 7.36. The molecule has 0 saturated carbocycles. The fourth-order valence-electron chi connectivity index (χ4n) is 2.91. The van der Waals surface area contributed by atoms with Gasteiger partial charge in [-0.15, -0.1) is 0 Å². The van der Waals surface area contributed by atoms with Gasteiger partial charge in [0.2, 0.25) is 0 Å². The Balaban J connectivity index is 1.82. The van der Waals surface area contributed by atoms with Crippen LogP contribution < -0.4 is 10.1 Å². The third-order valence-electron chi connectivity index (χ3n) is 4.16. The van der Waals surface area contributed by atoms with Crippen LogP contribution in [0.4, 0.5) is 0 Å². The highest BCUT2D eigenvalue weighted by Crippen LogP contribution is 2.29. The SMILES string of the molecule is CO[C@@H](C(=O)NC(C(=O)O)c1ccc2c(c1)CCO2)c1ccccc1. The summed E-state index contributed by atoms with van der Waals surface area (Å²) in [5.74, 6) is -0.869. The lowest BCUT2D eigenvalue weighted by molar-refractivity contribution is -0.144. The van der Waals surface area contributed by atoms with E-state index in [0.29, 0.717) is 17.7 Å². The maximum atomic E-state index is 12.6.